The van der Waals surface area contributed by atoms with Gasteiger partial charge < -0.3 is 0 Å². The summed E-state index contributed by atoms with van der Waals surface area (Å²) in [4.78, 5) is 1.32. The second-order valence-corrected chi connectivity index (χ2v) is 11.4. The van der Waals surface area contributed by atoms with Crippen molar-refractivity contribution in [2.24, 2.45) is 0 Å². The first kappa shape index (κ1) is 20.2. The smallest absolute Gasteiger partial charge is 0.155 e. The summed E-state index contributed by atoms with van der Waals surface area (Å²) in [5, 5.41) is 2.11. The predicted molar refractivity (Wildman–Crippen MR) is 110 cm³/mol. The molecule has 4 heteroatoms. The van der Waals surface area contributed by atoms with Crippen molar-refractivity contribution in [3.05, 3.63) is 47.3 Å². The van der Waals surface area contributed by atoms with Crippen LogP contribution in [0.5, 0.6) is 0 Å². The average Bonchev–Trinajstić information content (AvgIpc) is 3.08. The highest BCUT2D eigenvalue weighted by Gasteiger charge is 2.27. The van der Waals surface area contributed by atoms with Crippen LogP contribution in [0.25, 0.3) is 10.4 Å². The molecule has 2 rings (SSSR count). The van der Waals surface area contributed by atoms with Gasteiger partial charge in [-0.3, -0.25) is 0 Å². The largest absolute Gasteiger partial charge is 0.228 e. The van der Waals surface area contributed by atoms with Gasteiger partial charge in [0, 0.05) is 4.88 Å². The van der Waals surface area contributed by atoms with Crippen molar-refractivity contribution in [2.75, 3.05) is 5.75 Å². The van der Waals surface area contributed by atoms with Gasteiger partial charge in [-0.2, -0.15) is 0 Å². The Morgan fingerprint density at radius 3 is 2.12 bits per heavy atom. The number of hydrogen-bond donors (Lipinski definition) is 0. The van der Waals surface area contributed by atoms with Crippen LogP contribution in [-0.4, -0.2) is 18.9 Å². The molecule has 0 N–H and O–H groups in total. The molecule has 1 heterocycles. The van der Waals surface area contributed by atoms with E-state index < -0.39 is 14.6 Å². The van der Waals surface area contributed by atoms with Crippen LogP contribution in [0, 0.1) is 0 Å². The highest BCUT2D eigenvalue weighted by molar-refractivity contribution is 7.92. The molecule has 0 radical (unpaired) electrons. The second kappa shape index (κ2) is 9.00. The van der Waals surface area contributed by atoms with Crippen LogP contribution in [0.3, 0.4) is 0 Å². The molecule has 0 aliphatic heterocycles. The Hall–Kier alpha value is -1.13. The maximum Gasteiger partial charge on any atom is 0.155 e. The summed E-state index contributed by atoms with van der Waals surface area (Å²) in [6.45, 7) is 5.35. The molecule has 0 aliphatic rings. The van der Waals surface area contributed by atoms with Crippen LogP contribution < -0.4 is 0 Å². The van der Waals surface area contributed by atoms with Crippen LogP contribution in [0.4, 0.5) is 0 Å². The third-order valence-corrected chi connectivity index (χ3v) is 8.18. The van der Waals surface area contributed by atoms with E-state index in [1.165, 1.54) is 28.8 Å². The lowest BCUT2D eigenvalue weighted by atomic mass is 10.0. The lowest BCUT2D eigenvalue weighted by Crippen LogP contribution is -2.30. The normalized spacial score (nSPS) is 12.4. The first-order chi connectivity index (χ1) is 11.8. The number of aryl methyl sites for hydroxylation is 1. The third-order valence-electron chi connectivity index (χ3n) is 4.57. The summed E-state index contributed by atoms with van der Waals surface area (Å²) in [5.41, 5.74) is 2.68. The number of unbranched alkanes of at least 4 members (excludes halogenated alkanes) is 4. The van der Waals surface area contributed by atoms with E-state index in [0.29, 0.717) is 5.75 Å². The molecule has 0 bridgehead atoms. The van der Waals surface area contributed by atoms with E-state index in [2.05, 4.69) is 41.8 Å². The molecule has 1 aromatic heterocycles. The minimum Gasteiger partial charge on any atom is -0.228 e. The molecular formula is C21H30O2S2. The van der Waals surface area contributed by atoms with Crippen LogP contribution in [0.2, 0.25) is 0 Å². The number of hydrogen-bond acceptors (Lipinski definition) is 3. The summed E-state index contributed by atoms with van der Waals surface area (Å²) in [7, 11) is -2.96. The molecule has 0 atom stereocenters. The van der Waals surface area contributed by atoms with E-state index in [-0.39, 0.29) is 0 Å². The predicted octanol–water partition coefficient (Wildman–Crippen LogP) is 6.12. The molecule has 138 valence electrons. The SMILES string of the molecule is CC(C)(C)S(=O)(=O)CCCCCCCc1ccc(-c2cccs2)cc1. The van der Waals surface area contributed by atoms with Crippen molar-refractivity contribution in [3.8, 4) is 10.4 Å². The fraction of sp³-hybridized carbons (Fsp3) is 0.524. The molecule has 0 amide bonds. The summed E-state index contributed by atoms with van der Waals surface area (Å²) >= 11 is 1.77. The molecule has 0 spiro atoms. The van der Waals surface area contributed by atoms with Crippen LogP contribution in [0.15, 0.2) is 41.8 Å². The van der Waals surface area contributed by atoms with Gasteiger partial charge >= 0.3 is 0 Å². The molecule has 25 heavy (non-hydrogen) atoms. The lowest BCUT2D eigenvalue weighted by molar-refractivity contribution is 0.552. The van der Waals surface area contributed by atoms with Crippen molar-refractivity contribution >= 4 is 21.2 Å². The van der Waals surface area contributed by atoms with Crippen molar-refractivity contribution in [2.45, 2.75) is 64.0 Å². The first-order valence-electron chi connectivity index (χ1n) is 9.15. The minimum atomic E-state index is -2.96. The van der Waals surface area contributed by atoms with Crippen LogP contribution in [-0.2, 0) is 16.3 Å². The zero-order chi connectivity index (χ0) is 18.3. The van der Waals surface area contributed by atoms with E-state index in [1.54, 1.807) is 32.1 Å². The summed E-state index contributed by atoms with van der Waals surface area (Å²) in [5.74, 6) is 0.320. The lowest BCUT2D eigenvalue weighted by Gasteiger charge is -2.18. The van der Waals surface area contributed by atoms with Gasteiger partial charge in [0.2, 0.25) is 0 Å². The standard InChI is InChI=1S/C21H30O2S2/c1-21(2,3)25(22,23)17-8-6-4-5-7-10-18-12-14-19(15-13-18)20-11-9-16-24-20/h9,11-16H,4-8,10,17H2,1-3H3. The Labute approximate surface area is 157 Å². The molecule has 2 aromatic rings. The van der Waals surface area contributed by atoms with E-state index in [0.717, 1.165) is 25.7 Å². The number of rotatable bonds is 9. The zero-order valence-electron chi connectivity index (χ0n) is 15.6. The van der Waals surface area contributed by atoms with Crippen molar-refractivity contribution < 1.29 is 8.42 Å². The minimum absolute atomic E-state index is 0.320. The van der Waals surface area contributed by atoms with Crippen molar-refractivity contribution in [3.63, 3.8) is 0 Å². The van der Waals surface area contributed by atoms with Gasteiger partial charge in [-0.15, -0.1) is 11.3 Å². The average molecular weight is 379 g/mol. The first-order valence-corrected chi connectivity index (χ1v) is 11.7. The van der Waals surface area contributed by atoms with Gasteiger partial charge in [0.15, 0.2) is 9.84 Å². The molecular weight excluding hydrogens is 348 g/mol. The fourth-order valence-corrected chi connectivity index (χ4v) is 4.67. The number of thiophene rings is 1. The molecule has 0 fully saturated rings. The van der Waals surface area contributed by atoms with Gasteiger partial charge in [-0.05, 0) is 62.6 Å². The van der Waals surface area contributed by atoms with Crippen molar-refractivity contribution in [1.82, 2.24) is 0 Å². The maximum atomic E-state index is 12.0. The maximum absolute atomic E-state index is 12.0. The fourth-order valence-electron chi connectivity index (χ4n) is 2.74. The monoisotopic (exact) mass is 378 g/mol. The zero-order valence-corrected chi connectivity index (χ0v) is 17.3. The summed E-state index contributed by atoms with van der Waals surface area (Å²) in [6, 6.07) is 13.1. The Morgan fingerprint density at radius 1 is 0.880 bits per heavy atom. The van der Waals surface area contributed by atoms with E-state index >= 15 is 0 Å². The van der Waals surface area contributed by atoms with Gasteiger partial charge in [0.05, 0.1) is 10.5 Å². The molecule has 1 aromatic carbocycles. The Kier molecular flexibility index (Phi) is 7.26. The highest BCUT2D eigenvalue weighted by atomic mass is 32.2. The van der Waals surface area contributed by atoms with E-state index in [9.17, 15) is 8.42 Å². The van der Waals surface area contributed by atoms with Gasteiger partial charge in [-0.1, -0.05) is 49.6 Å². The number of sulfone groups is 1. The Balaban J connectivity index is 1.62. The van der Waals surface area contributed by atoms with Crippen LogP contribution >= 0.6 is 11.3 Å². The quantitative estimate of drug-likeness (QED) is 0.492. The van der Waals surface area contributed by atoms with Gasteiger partial charge in [0.1, 0.15) is 0 Å². The van der Waals surface area contributed by atoms with Gasteiger partial charge in [-0.25, -0.2) is 8.42 Å². The molecule has 0 saturated carbocycles. The van der Waals surface area contributed by atoms with E-state index in [1.807, 2.05) is 0 Å². The van der Waals surface area contributed by atoms with E-state index in [4.69, 9.17) is 0 Å². The summed E-state index contributed by atoms with van der Waals surface area (Å²) in [6.07, 6.45) is 6.35. The molecule has 0 saturated heterocycles. The topological polar surface area (TPSA) is 34.1 Å². The highest BCUT2D eigenvalue weighted by Crippen LogP contribution is 2.25. The number of benzene rings is 1. The summed E-state index contributed by atoms with van der Waals surface area (Å²) < 4.78 is 23.5. The third kappa shape index (κ3) is 6.27. The van der Waals surface area contributed by atoms with Crippen molar-refractivity contribution in [1.29, 1.82) is 0 Å². The second-order valence-electron chi connectivity index (χ2n) is 7.62. The van der Waals surface area contributed by atoms with Gasteiger partial charge in [0.25, 0.3) is 0 Å². The van der Waals surface area contributed by atoms with Crippen LogP contribution in [0.1, 0.15) is 58.4 Å². The Bertz CT molecular complexity index is 721. The molecule has 2 nitrogen and oxygen atoms in total. The molecule has 0 unspecified atom stereocenters. The Morgan fingerprint density at radius 2 is 1.52 bits per heavy atom. The molecule has 0 aliphatic carbocycles.